The minimum absolute atomic E-state index is 0.782. The Hall–Kier alpha value is -0.820. The van der Waals surface area contributed by atoms with Crippen molar-refractivity contribution in [2.75, 3.05) is 6.54 Å². The maximum atomic E-state index is 5.88. The Morgan fingerprint density at radius 1 is 0.630 bits per heavy atom. The average Bonchev–Trinajstić information content (AvgIpc) is 2.68. The largest absolute Gasteiger partial charge is 0.293 e. The molecular weight excluding hydrogens is 350 g/mol. The van der Waals surface area contributed by atoms with Gasteiger partial charge in [0.05, 0.1) is 0 Å². The van der Waals surface area contributed by atoms with Gasteiger partial charge < -0.3 is 0 Å². The molecule has 0 saturated carbocycles. The summed E-state index contributed by atoms with van der Waals surface area (Å²) >= 11 is 5.88. The van der Waals surface area contributed by atoms with E-state index in [0.717, 1.165) is 17.1 Å². The minimum atomic E-state index is 0.782. The van der Waals surface area contributed by atoms with Crippen LogP contribution in [0.4, 0.5) is 0 Å². The molecule has 2 heteroatoms. The number of nitrogens with zero attached hydrogens (tertiary/aromatic N) is 1. The number of unbranched alkanes of at least 4 members (excludes halogenated alkanes) is 15. The molecule has 0 fully saturated rings. The molecule has 0 heterocycles. The first-order valence-electron chi connectivity index (χ1n) is 11.6. The van der Waals surface area contributed by atoms with Crippen LogP contribution in [-0.4, -0.2) is 12.8 Å². The summed E-state index contributed by atoms with van der Waals surface area (Å²) in [5.74, 6) is 0. The van der Waals surface area contributed by atoms with E-state index in [1.54, 1.807) is 0 Å². The lowest BCUT2D eigenvalue weighted by atomic mass is 10.0. The normalized spacial score (nSPS) is 11.5. The molecular formula is C25H42ClN. The molecule has 0 aliphatic carbocycles. The molecule has 0 atom stereocenters. The summed E-state index contributed by atoms with van der Waals surface area (Å²) in [5.41, 5.74) is 1.14. The van der Waals surface area contributed by atoms with Crippen molar-refractivity contribution in [1.29, 1.82) is 0 Å². The van der Waals surface area contributed by atoms with Crippen molar-refractivity contribution in [2.24, 2.45) is 4.99 Å². The van der Waals surface area contributed by atoms with Gasteiger partial charge in [-0.2, -0.15) is 0 Å². The summed E-state index contributed by atoms with van der Waals surface area (Å²) in [7, 11) is 0. The standard InChI is InChI=1S/C25H42ClN/c1-2-3-4-5-6-7-8-9-10-11-12-13-14-15-16-17-22-27-23-24-18-20-25(26)21-19-24/h18-21,23H,2-17,22H2,1H3. The molecule has 1 rings (SSSR count). The van der Waals surface area contributed by atoms with Crippen LogP contribution >= 0.6 is 11.6 Å². The molecule has 0 amide bonds. The Balaban J connectivity index is 1.76. The molecule has 27 heavy (non-hydrogen) atoms. The third-order valence-corrected chi connectivity index (χ3v) is 5.50. The van der Waals surface area contributed by atoms with Crippen molar-refractivity contribution in [1.82, 2.24) is 0 Å². The lowest BCUT2D eigenvalue weighted by Gasteiger charge is -2.03. The first kappa shape index (κ1) is 24.2. The van der Waals surface area contributed by atoms with Crippen molar-refractivity contribution >= 4 is 17.8 Å². The third-order valence-electron chi connectivity index (χ3n) is 5.25. The van der Waals surface area contributed by atoms with Crippen LogP contribution in [0.15, 0.2) is 29.3 Å². The Kier molecular flexibility index (Phi) is 16.6. The van der Waals surface area contributed by atoms with E-state index in [1.807, 2.05) is 30.5 Å². The van der Waals surface area contributed by atoms with Gasteiger partial charge in [-0.05, 0) is 24.1 Å². The molecule has 0 aromatic heterocycles. The topological polar surface area (TPSA) is 12.4 Å². The van der Waals surface area contributed by atoms with Gasteiger partial charge in [-0.1, -0.05) is 127 Å². The van der Waals surface area contributed by atoms with Crippen LogP contribution in [-0.2, 0) is 0 Å². The summed E-state index contributed by atoms with van der Waals surface area (Å²) < 4.78 is 0. The van der Waals surface area contributed by atoms with Crippen LogP contribution in [0.1, 0.15) is 115 Å². The van der Waals surface area contributed by atoms with Crippen LogP contribution in [0.25, 0.3) is 0 Å². The Labute approximate surface area is 174 Å². The van der Waals surface area contributed by atoms with E-state index in [0.29, 0.717) is 0 Å². The number of hydrogen-bond acceptors (Lipinski definition) is 1. The third kappa shape index (κ3) is 15.9. The second kappa shape index (κ2) is 18.5. The monoisotopic (exact) mass is 391 g/mol. The maximum absolute atomic E-state index is 5.88. The Morgan fingerprint density at radius 3 is 1.48 bits per heavy atom. The molecule has 0 N–H and O–H groups in total. The minimum Gasteiger partial charge on any atom is -0.293 e. The summed E-state index contributed by atoms with van der Waals surface area (Å²) in [6, 6.07) is 7.86. The summed E-state index contributed by atoms with van der Waals surface area (Å²) in [6.07, 6.45) is 24.6. The lowest BCUT2D eigenvalue weighted by Crippen LogP contribution is -1.86. The smallest absolute Gasteiger partial charge is 0.0406 e. The number of rotatable bonds is 18. The van der Waals surface area contributed by atoms with Crippen molar-refractivity contribution in [3.63, 3.8) is 0 Å². The average molecular weight is 392 g/mol. The van der Waals surface area contributed by atoms with Gasteiger partial charge in [-0.25, -0.2) is 0 Å². The van der Waals surface area contributed by atoms with E-state index < -0.39 is 0 Å². The second-order valence-corrected chi connectivity index (χ2v) is 8.33. The molecule has 0 aliphatic heterocycles. The van der Waals surface area contributed by atoms with Gasteiger partial charge in [-0.15, -0.1) is 0 Å². The SMILES string of the molecule is CCCCCCCCCCCCCCCCCCN=Cc1ccc(Cl)cc1. The van der Waals surface area contributed by atoms with Gasteiger partial charge in [-0.3, -0.25) is 4.99 Å². The number of halogens is 1. The van der Waals surface area contributed by atoms with Crippen LogP contribution in [0, 0.1) is 0 Å². The summed E-state index contributed by atoms with van der Waals surface area (Å²) in [5, 5.41) is 0.782. The molecule has 1 aromatic carbocycles. The number of hydrogen-bond donors (Lipinski definition) is 0. The Bertz CT molecular complexity index is 452. The zero-order valence-corrected chi connectivity index (χ0v) is 18.5. The van der Waals surface area contributed by atoms with E-state index in [9.17, 15) is 0 Å². The highest BCUT2D eigenvalue weighted by molar-refractivity contribution is 6.30. The van der Waals surface area contributed by atoms with Gasteiger partial charge in [0.2, 0.25) is 0 Å². The summed E-state index contributed by atoms with van der Waals surface area (Å²) in [6.45, 7) is 3.24. The maximum Gasteiger partial charge on any atom is 0.0406 e. The summed E-state index contributed by atoms with van der Waals surface area (Å²) in [4.78, 5) is 4.51. The molecule has 154 valence electrons. The van der Waals surface area contributed by atoms with E-state index in [2.05, 4.69) is 11.9 Å². The van der Waals surface area contributed by atoms with E-state index in [-0.39, 0.29) is 0 Å². The fourth-order valence-electron chi connectivity index (χ4n) is 3.47. The van der Waals surface area contributed by atoms with Gasteiger partial charge in [0.15, 0.2) is 0 Å². The Morgan fingerprint density at radius 2 is 1.04 bits per heavy atom. The molecule has 0 radical (unpaired) electrons. The van der Waals surface area contributed by atoms with Gasteiger partial charge >= 0.3 is 0 Å². The zero-order chi connectivity index (χ0) is 19.4. The highest BCUT2D eigenvalue weighted by Crippen LogP contribution is 2.13. The van der Waals surface area contributed by atoms with Crippen LogP contribution in [0.3, 0.4) is 0 Å². The molecule has 0 aliphatic rings. The van der Waals surface area contributed by atoms with E-state index >= 15 is 0 Å². The number of benzene rings is 1. The predicted octanol–water partition coefficient (Wildman–Crippen LogP) is 9.02. The molecule has 0 unspecified atom stereocenters. The molecule has 0 saturated heterocycles. The van der Waals surface area contributed by atoms with Crippen molar-refractivity contribution in [2.45, 2.75) is 110 Å². The molecule has 1 nitrogen and oxygen atoms in total. The van der Waals surface area contributed by atoms with Crippen LogP contribution in [0.5, 0.6) is 0 Å². The lowest BCUT2D eigenvalue weighted by molar-refractivity contribution is 0.530. The zero-order valence-electron chi connectivity index (χ0n) is 17.7. The second-order valence-electron chi connectivity index (χ2n) is 7.89. The number of aliphatic imine (C=N–C) groups is 1. The fraction of sp³-hybridized carbons (Fsp3) is 0.720. The molecule has 0 bridgehead atoms. The van der Waals surface area contributed by atoms with Crippen molar-refractivity contribution in [3.8, 4) is 0 Å². The van der Waals surface area contributed by atoms with Crippen LogP contribution < -0.4 is 0 Å². The highest BCUT2D eigenvalue weighted by Gasteiger charge is 1.94. The molecule has 1 aromatic rings. The quantitative estimate of drug-likeness (QED) is 0.175. The van der Waals surface area contributed by atoms with Gasteiger partial charge in [0.1, 0.15) is 0 Å². The van der Waals surface area contributed by atoms with Gasteiger partial charge in [0.25, 0.3) is 0 Å². The van der Waals surface area contributed by atoms with Crippen molar-refractivity contribution in [3.05, 3.63) is 34.9 Å². The van der Waals surface area contributed by atoms with E-state index in [4.69, 9.17) is 11.6 Å². The van der Waals surface area contributed by atoms with Crippen LogP contribution in [0.2, 0.25) is 5.02 Å². The van der Waals surface area contributed by atoms with E-state index in [1.165, 1.54) is 103 Å². The first-order valence-corrected chi connectivity index (χ1v) is 12.0. The fourth-order valence-corrected chi connectivity index (χ4v) is 3.60. The van der Waals surface area contributed by atoms with Crippen molar-refractivity contribution < 1.29 is 0 Å². The van der Waals surface area contributed by atoms with Gasteiger partial charge in [0, 0.05) is 17.8 Å². The molecule has 0 spiro atoms. The first-order chi connectivity index (χ1) is 13.3. The predicted molar refractivity (Wildman–Crippen MR) is 123 cm³/mol. The highest BCUT2D eigenvalue weighted by atomic mass is 35.5.